The van der Waals surface area contributed by atoms with E-state index in [4.69, 9.17) is 11.6 Å². The lowest BCUT2D eigenvalue weighted by Gasteiger charge is -2.12. The molecule has 0 bridgehead atoms. The van der Waals surface area contributed by atoms with Crippen LogP contribution in [0.25, 0.3) is 0 Å². The maximum absolute atomic E-state index is 12.5. The van der Waals surface area contributed by atoms with E-state index in [0.717, 1.165) is 16.8 Å². The van der Waals surface area contributed by atoms with E-state index < -0.39 is 10.0 Å². The molecule has 0 radical (unpaired) electrons. The zero-order valence-electron chi connectivity index (χ0n) is 15.4. The molecule has 0 saturated heterocycles. The molecule has 0 aliphatic carbocycles. The predicted molar refractivity (Wildman–Crippen MR) is 113 cm³/mol. The molecule has 0 atom stereocenters. The lowest BCUT2D eigenvalue weighted by Crippen LogP contribution is -2.15. The van der Waals surface area contributed by atoms with Crippen molar-refractivity contribution in [3.05, 3.63) is 88.4 Å². The molecular weight excluding hydrogens is 396 g/mol. The molecule has 0 unspecified atom stereocenters. The molecule has 0 aromatic heterocycles. The Labute approximate surface area is 169 Å². The van der Waals surface area contributed by atoms with Gasteiger partial charge in [-0.15, -0.1) is 0 Å². The number of carbonyl (C=O) groups excluding carboxylic acids is 1. The fraction of sp³-hybridized carbons (Fsp3) is 0.0952. The molecule has 0 aliphatic heterocycles. The first-order chi connectivity index (χ1) is 13.3. The van der Waals surface area contributed by atoms with Crippen LogP contribution in [0.15, 0.2) is 71.6 Å². The zero-order chi connectivity index (χ0) is 20.3. The Balaban J connectivity index is 1.80. The third-order valence-electron chi connectivity index (χ3n) is 4.38. The predicted octanol–water partition coefficient (Wildman–Crippen LogP) is 5.01. The third-order valence-corrected chi connectivity index (χ3v) is 6.08. The van der Waals surface area contributed by atoms with Crippen LogP contribution < -0.4 is 10.0 Å². The summed E-state index contributed by atoms with van der Waals surface area (Å²) in [5, 5.41) is 2.98. The lowest BCUT2D eigenvalue weighted by molar-refractivity contribution is 0.102. The number of sulfonamides is 1. The average molecular weight is 415 g/mol. The van der Waals surface area contributed by atoms with Crippen molar-refractivity contribution in [1.82, 2.24) is 0 Å². The number of rotatable bonds is 5. The number of benzene rings is 3. The fourth-order valence-corrected chi connectivity index (χ4v) is 4.01. The van der Waals surface area contributed by atoms with Crippen LogP contribution in [0.1, 0.15) is 21.5 Å². The molecule has 0 heterocycles. The number of aryl methyl sites for hydroxylation is 1. The van der Waals surface area contributed by atoms with E-state index in [0.29, 0.717) is 5.56 Å². The molecule has 3 aromatic carbocycles. The van der Waals surface area contributed by atoms with Gasteiger partial charge in [-0.2, -0.15) is 0 Å². The molecule has 2 N–H and O–H groups in total. The van der Waals surface area contributed by atoms with Gasteiger partial charge < -0.3 is 5.32 Å². The van der Waals surface area contributed by atoms with Crippen LogP contribution in [-0.4, -0.2) is 14.3 Å². The standard InChI is InChI=1S/C21H19ClN2O3S/c1-14-7-6-10-19(15(14)2)23-21(25)16-11-12-20(18(22)13-16)24-28(26,27)17-8-4-3-5-9-17/h3-13,24H,1-2H3,(H,23,25). The van der Waals surface area contributed by atoms with E-state index in [2.05, 4.69) is 10.0 Å². The van der Waals surface area contributed by atoms with Gasteiger partial charge in [-0.25, -0.2) is 8.42 Å². The maximum Gasteiger partial charge on any atom is 0.261 e. The molecule has 144 valence electrons. The summed E-state index contributed by atoms with van der Waals surface area (Å²) < 4.78 is 27.3. The first-order valence-corrected chi connectivity index (χ1v) is 10.4. The van der Waals surface area contributed by atoms with Crippen molar-refractivity contribution in [3.63, 3.8) is 0 Å². The molecule has 0 spiro atoms. The van der Waals surface area contributed by atoms with E-state index in [1.807, 2.05) is 32.0 Å². The summed E-state index contributed by atoms with van der Waals surface area (Å²) in [5.74, 6) is -0.326. The van der Waals surface area contributed by atoms with Crippen molar-refractivity contribution >= 4 is 38.9 Å². The molecule has 3 rings (SSSR count). The minimum atomic E-state index is -3.76. The van der Waals surface area contributed by atoms with Gasteiger partial charge in [-0.1, -0.05) is 41.9 Å². The SMILES string of the molecule is Cc1cccc(NC(=O)c2ccc(NS(=O)(=O)c3ccccc3)c(Cl)c2)c1C. The minimum Gasteiger partial charge on any atom is -0.322 e. The average Bonchev–Trinajstić information content (AvgIpc) is 2.67. The fourth-order valence-electron chi connectivity index (χ4n) is 2.62. The zero-order valence-corrected chi connectivity index (χ0v) is 16.9. The normalized spacial score (nSPS) is 11.1. The quantitative estimate of drug-likeness (QED) is 0.616. The van der Waals surface area contributed by atoms with E-state index in [1.165, 1.54) is 30.3 Å². The summed E-state index contributed by atoms with van der Waals surface area (Å²) in [7, 11) is -3.76. The van der Waals surface area contributed by atoms with Crippen LogP contribution in [0.2, 0.25) is 5.02 Å². The van der Waals surface area contributed by atoms with Gasteiger partial charge in [0.05, 0.1) is 15.6 Å². The molecule has 3 aromatic rings. The molecular formula is C21H19ClN2O3S. The summed E-state index contributed by atoms with van der Waals surface area (Å²) in [4.78, 5) is 12.7. The molecule has 7 heteroatoms. The van der Waals surface area contributed by atoms with E-state index in [1.54, 1.807) is 18.2 Å². The first-order valence-electron chi connectivity index (χ1n) is 8.53. The highest BCUT2D eigenvalue weighted by atomic mass is 35.5. The van der Waals surface area contributed by atoms with Crippen molar-refractivity contribution in [2.45, 2.75) is 18.7 Å². The minimum absolute atomic E-state index is 0.128. The van der Waals surface area contributed by atoms with Gasteiger partial charge in [0.1, 0.15) is 0 Å². The lowest BCUT2D eigenvalue weighted by atomic mass is 10.1. The van der Waals surface area contributed by atoms with Crippen LogP contribution in [0.4, 0.5) is 11.4 Å². The molecule has 0 aliphatic rings. The Morgan fingerprint density at radius 1 is 0.893 bits per heavy atom. The highest BCUT2D eigenvalue weighted by molar-refractivity contribution is 7.92. The first kappa shape index (κ1) is 19.9. The smallest absolute Gasteiger partial charge is 0.261 e. The monoisotopic (exact) mass is 414 g/mol. The van der Waals surface area contributed by atoms with Crippen molar-refractivity contribution < 1.29 is 13.2 Å². The van der Waals surface area contributed by atoms with E-state index >= 15 is 0 Å². The third kappa shape index (κ3) is 4.35. The molecule has 0 saturated carbocycles. The number of nitrogens with one attached hydrogen (secondary N) is 2. The second-order valence-electron chi connectivity index (χ2n) is 6.31. The molecule has 0 fully saturated rings. The Morgan fingerprint density at radius 2 is 1.61 bits per heavy atom. The van der Waals surface area contributed by atoms with E-state index in [-0.39, 0.29) is 21.5 Å². The van der Waals surface area contributed by atoms with Crippen molar-refractivity contribution in [2.75, 3.05) is 10.0 Å². The van der Waals surface area contributed by atoms with Crippen molar-refractivity contribution in [3.8, 4) is 0 Å². The second-order valence-corrected chi connectivity index (χ2v) is 8.40. The summed E-state index contributed by atoms with van der Waals surface area (Å²) in [5.41, 5.74) is 3.30. The number of amides is 1. The molecule has 1 amide bonds. The van der Waals surface area contributed by atoms with E-state index in [9.17, 15) is 13.2 Å². The number of anilines is 2. The summed E-state index contributed by atoms with van der Waals surface area (Å²) in [6.07, 6.45) is 0. The van der Waals surface area contributed by atoms with Crippen LogP contribution in [0.3, 0.4) is 0 Å². The van der Waals surface area contributed by atoms with Gasteiger partial charge in [0.2, 0.25) is 0 Å². The Bertz CT molecular complexity index is 1130. The number of hydrogen-bond donors (Lipinski definition) is 2. The Kier molecular flexibility index (Phi) is 5.72. The molecule has 28 heavy (non-hydrogen) atoms. The van der Waals surface area contributed by atoms with Crippen LogP contribution in [0, 0.1) is 13.8 Å². The summed E-state index contributed by atoms with van der Waals surface area (Å²) >= 11 is 6.22. The van der Waals surface area contributed by atoms with Crippen molar-refractivity contribution in [1.29, 1.82) is 0 Å². The molecule has 5 nitrogen and oxygen atoms in total. The van der Waals surface area contributed by atoms with Crippen LogP contribution >= 0.6 is 11.6 Å². The number of hydrogen-bond acceptors (Lipinski definition) is 3. The number of carbonyl (C=O) groups is 1. The summed E-state index contributed by atoms with van der Waals surface area (Å²) in [6.45, 7) is 3.90. The Morgan fingerprint density at radius 3 is 2.29 bits per heavy atom. The largest absolute Gasteiger partial charge is 0.322 e. The van der Waals surface area contributed by atoms with Crippen LogP contribution in [0.5, 0.6) is 0 Å². The Hall–Kier alpha value is -2.83. The highest BCUT2D eigenvalue weighted by Crippen LogP contribution is 2.27. The van der Waals surface area contributed by atoms with Crippen molar-refractivity contribution in [2.24, 2.45) is 0 Å². The number of halogens is 1. The van der Waals surface area contributed by atoms with Gasteiger partial charge in [-0.3, -0.25) is 9.52 Å². The van der Waals surface area contributed by atoms with Gasteiger partial charge in [0.15, 0.2) is 0 Å². The van der Waals surface area contributed by atoms with Crippen LogP contribution in [-0.2, 0) is 10.0 Å². The summed E-state index contributed by atoms with van der Waals surface area (Å²) in [6, 6.07) is 18.1. The topological polar surface area (TPSA) is 75.3 Å². The second kappa shape index (κ2) is 8.04. The highest BCUT2D eigenvalue weighted by Gasteiger charge is 2.17. The van der Waals surface area contributed by atoms with Gasteiger partial charge in [-0.05, 0) is 61.4 Å². The van der Waals surface area contributed by atoms with Gasteiger partial charge in [0, 0.05) is 11.3 Å². The maximum atomic E-state index is 12.5. The van der Waals surface area contributed by atoms with Gasteiger partial charge in [0.25, 0.3) is 15.9 Å². The van der Waals surface area contributed by atoms with Gasteiger partial charge >= 0.3 is 0 Å².